The maximum absolute atomic E-state index is 12.2. The summed E-state index contributed by atoms with van der Waals surface area (Å²) in [6, 6.07) is 6.64. The molecular formula is C17H25NO3. The number of rotatable bonds is 7. The number of amides is 1. The average Bonchev–Trinajstić information content (AvgIpc) is 2.45. The summed E-state index contributed by atoms with van der Waals surface area (Å²) < 4.78 is 5.21. The molecule has 1 rings (SSSR count). The second kappa shape index (κ2) is 8.45. The molecule has 1 unspecified atom stereocenters. The number of carbonyl (C=O) groups excluding carboxylic acids is 2. The van der Waals surface area contributed by atoms with Crippen LogP contribution in [-0.4, -0.2) is 24.5 Å². The van der Waals surface area contributed by atoms with E-state index < -0.39 is 6.04 Å². The van der Waals surface area contributed by atoms with E-state index in [1.165, 1.54) is 0 Å². The van der Waals surface area contributed by atoms with E-state index in [1.807, 2.05) is 39.8 Å². The van der Waals surface area contributed by atoms with Gasteiger partial charge in [0, 0.05) is 5.56 Å². The van der Waals surface area contributed by atoms with Crippen molar-refractivity contribution in [3.8, 4) is 0 Å². The monoisotopic (exact) mass is 291 g/mol. The van der Waals surface area contributed by atoms with Crippen LogP contribution in [0.3, 0.4) is 0 Å². The molecule has 21 heavy (non-hydrogen) atoms. The Morgan fingerprint density at radius 3 is 2.33 bits per heavy atom. The first-order chi connectivity index (χ1) is 9.95. The van der Waals surface area contributed by atoms with Crippen LogP contribution >= 0.6 is 0 Å². The van der Waals surface area contributed by atoms with Crippen molar-refractivity contribution in [2.24, 2.45) is 5.92 Å². The first kappa shape index (κ1) is 17.2. The van der Waals surface area contributed by atoms with Crippen LogP contribution in [-0.2, 0) is 9.53 Å². The molecule has 116 valence electrons. The van der Waals surface area contributed by atoms with Crippen molar-refractivity contribution in [3.63, 3.8) is 0 Å². The number of benzene rings is 1. The van der Waals surface area contributed by atoms with Gasteiger partial charge in [-0.1, -0.05) is 44.9 Å². The molecule has 1 aromatic rings. The third-order valence-corrected chi connectivity index (χ3v) is 3.26. The molecule has 0 radical (unpaired) electrons. The van der Waals surface area contributed by atoms with Gasteiger partial charge >= 0.3 is 5.97 Å². The molecule has 0 bridgehead atoms. The lowest BCUT2D eigenvalue weighted by Gasteiger charge is -2.21. The molecule has 1 aromatic carbocycles. The SMILES string of the molecule is CCCCOC(=O)C(NC(=O)c1ccc(C)cc1)C(C)C. The van der Waals surface area contributed by atoms with Crippen molar-refractivity contribution < 1.29 is 14.3 Å². The first-order valence-corrected chi connectivity index (χ1v) is 7.49. The fourth-order valence-corrected chi connectivity index (χ4v) is 1.83. The van der Waals surface area contributed by atoms with E-state index in [4.69, 9.17) is 4.74 Å². The third-order valence-electron chi connectivity index (χ3n) is 3.26. The predicted octanol–water partition coefficient (Wildman–Crippen LogP) is 3.09. The number of esters is 1. The Morgan fingerprint density at radius 2 is 1.81 bits per heavy atom. The fraction of sp³-hybridized carbons (Fsp3) is 0.529. The van der Waals surface area contributed by atoms with Gasteiger partial charge in [0.05, 0.1) is 6.61 Å². The summed E-state index contributed by atoms with van der Waals surface area (Å²) in [7, 11) is 0. The fourth-order valence-electron chi connectivity index (χ4n) is 1.83. The number of nitrogens with one attached hydrogen (secondary N) is 1. The van der Waals surface area contributed by atoms with Crippen LogP contribution in [0.25, 0.3) is 0 Å². The van der Waals surface area contributed by atoms with Gasteiger partial charge in [-0.3, -0.25) is 4.79 Å². The zero-order chi connectivity index (χ0) is 15.8. The molecule has 0 aliphatic heterocycles. The second-order valence-corrected chi connectivity index (χ2v) is 5.58. The van der Waals surface area contributed by atoms with E-state index in [-0.39, 0.29) is 17.8 Å². The zero-order valence-electron chi connectivity index (χ0n) is 13.3. The summed E-state index contributed by atoms with van der Waals surface area (Å²) in [5, 5.41) is 2.77. The summed E-state index contributed by atoms with van der Waals surface area (Å²) in [4.78, 5) is 24.2. The topological polar surface area (TPSA) is 55.4 Å². The highest BCUT2D eigenvalue weighted by molar-refractivity contribution is 5.96. The summed E-state index contributed by atoms with van der Waals surface area (Å²) in [6.45, 7) is 8.18. The minimum atomic E-state index is -0.615. The van der Waals surface area contributed by atoms with E-state index in [0.717, 1.165) is 18.4 Å². The first-order valence-electron chi connectivity index (χ1n) is 7.49. The number of aryl methyl sites for hydroxylation is 1. The molecule has 0 saturated heterocycles. The predicted molar refractivity (Wildman–Crippen MR) is 83.1 cm³/mol. The molecule has 0 heterocycles. The standard InChI is InChI=1S/C17H25NO3/c1-5-6-11-21-17(20)15(12(2)3)18-16(19)14-9-7-13(4)8-10-14/h7-10,12,15H,5-6,11H2,1-4H3,(H,18,19). The highest BCUT2D eigenvalue weighted by Gasteiger charge is 2.25. The Kier molecular flexibility index (Phi) is 6.92. The van der Waals surface area contributed by atoms with E-state index in [0.29, 0.717) is 12.2 Å². The van der Waals surface area contributed by atoms with Crippen molar-refractivity contribution in [1.29, 1.82) is 0 Å². The minimum Gasteiger partial charge on any atom is -0.464 e. The van der Waals surface area contributed by atoms with Crippen LogP contribution in [0.1, 0.15) is 49.5 Å². The number of unbranched alkanes of at least 4 members (excludes halogenated alkanes) is 1. The van der Waals surface area contributed by atoms with Crippen molar-refractivity contribution in [2.45, 2.75) is 46.6 Å². The van der Waals surface area contributed by atoms with Crippen LogP contribution in [0, 0.1) is 12.8 Å². The van der Waals surface area contributed by atoms with Crippen LogP contribution < -0.4 is 5.32 Å². The Labute approximate surface area is 126 Å². The lowest BCUT2D eigenvalue weighted by molar-refractivity contribution is -0.147. The van der Waals surface area contributed by atoms with Crippen molar-refractivity contribution in [1.82, 2.24) is 5.32 Å². The lowest BCUT2D eigenvalue weighted by atomic mass is 10.0. The Balaban J connectivity index is 2.67. The van der Waals surface area contributed by atoms with E-state index >= 15 is 0 Å². The average molecular weight is 291 g/mol. The largest absolute Gasteiger partial charge is 0.464 e. The molecule has 4 heteroatoms. The molecular weight excluding hydrogens is 266 g/mol. The third kappa shape index (κ3) is 5.58. The maximum atomic E-state index is 12.2. The van der Waals surface area contributed by atoms with Gasteiger partial charge in [0.15, 0.2) is 0 Å². The minimum absolute atomic E-state index is 0.0199. The van der Waals surface area contributed by atoms with Crippen molar-refractivity contribution >= 4 is 11.9 Å². The van der Waals surface area contributed by atoms with Crippen LogP contribution in [0.15, 0.2) is 24.3 Å². The molecule has 1 N–H and O–H groups in total. The summed E-state index contributed by atoms with van der Waals surface area (Å²) in [5.74, 6) is -0.631. The van der Waals surface area contributed by atoms with Crippen LogP contribution in [0.4, 0.5) is 0 Å². The van der Waals surface area contributed by atoms with Gasteiger partial charge in [-0.05, 0) is 31.4 Å². The van der Waals surface area contributed by atoms with E-state index in [2.05, 4.69) is 5.32 Å². The normalized spacial score (nSPS) is 12.0. The van der Waals surface area contributed by atoms with Gasteiger partial charge in [0.1, 0.15) is 6.04 Å². The molecule has 1 atom stereocenters. The number of hydrogen-bond donors (Lipinski definition) is 1. The molecule has 0 saturated carbocycles. The van der Waals surface area contributed by atoms with Gasteiger partial charge in [-0.15, -0.1) is 0 Å². The molecule has 0 aromatic heterocycles. The maximum Gasteiger partial charge on any atom is 0.328 e. The van der Waals surface area contributed by atoms with Crippen LogP contribution in [0.2, 0.25) is 0 Å². The Bertz CT molecular complexity index is 465. The second-order valence-electron chi connectivity index (χ2n) is 5.58. The van der Waals surface area contributed by atoms with Crippen molar-refractivity contribution in [2.75, 3.05) is 6.61 Å². The number of ether oxygens (including phenoxy) is 1. The Morgan fingerprint density at radius 1 is 1.19 bits per heavy atom. The van der Waals surface area contributed by atoms with Gasteiger partial charge in [-0.25, -0.2) is 4.79 Å². The number of carbonyl (C=O) groups is 2. The van der Waals surface area contributed by atoms with E-state index in [1.54, 1.807) is 12.1 Å². The molecule has 4 nitrogen and oxygen atoms in total. The molecule has 0 fully saturated rings. The lowest BCUT2D eigenvalue weighted by Crippen LogP contribution is -2.45. The van der Waals surface area contributed by atoms with Crippen LogP contribution in [0.5, 0.6) is 0 Å². The van der Waals surface area contributed by atoms with Gasteiger partial charge < -0.3 is 10.1 Å². The van der Waals surface area contributed by atoms with Gasteiger partial charge in [0.25, 0.3) is 5.91 Å². The summed E-state index contributed by atoms with van der Waals surface area (Å²) in [6.07, 6.45) is 1.80. The quantitative estimate of drug-likeness (QED) is 0.620. The molecule has 0 aliphatic carbocycles. The summed E-state index contributed by atoms with van der Waals surface area (Å²) in [5.41, 5.74) is 1.64. The molecule has 1 amide bonds. The van der Waals surface area contributed by atoms with Gasteiger partial charge in [0.2, 0.25) is 0 Å². The molecule has 0 spiro atoms. The summed E-state index contributed by atoms with van der Waals surface area (Å²) >= 11 is 0. The molecule has 0 aliphatic rings. The van der Waals surface area contributed by atoms with Crippen molar-refractivity contribution in [3.05, 3.63) is 35.4 Å². The zero-order valence-corrected chi connectivity index (χ0v) is 13.3. The smallest absolute Gasteiger partial charge is 0.328 e. The highest BCUT2D eigenvalue weighted by Crippen LogP contribution is 2.08. The highest BCUT2D eigenvalue weighted by atomic mass is 16.5. The Hall–Kier alpha value is -1.84. The number of hydrogen-bond acceptors (Lipinski definition) is 3. The van der Waals surface area contributed by atoms with Gasteiger partial charge in [-0.2, -0.15) is 0 Å². The van der Waals surface area contributed by atoms with E-state index in [9.17, 15) is 9.59 Å².